The molecule has 0 atom stereocenters. The van der Waals surface area contributed by atoms with Crippen molar-refractivity contribution in [3.63, 3.8) is 0 Å². The second-order valence-corrected chi connectivity index (χ2v) is 9.92. The fourth-order valence-electron chi connectivity index (χ4n) is 4.12. The zero-order valence-corrected chi connectivity index (χ0v) is 18.4. The van der Waals surface area contributed by atoms with E-state index in [0.717, 1.165) is 31.4 Å². The Kier molecular flexibility index (Phi) is 6.49. The van der Waals surface area contributed by atoms with E-state index in [0.29, 0.717) is 31.9 Å². The monoisotopic (exact) mass is 448 g/mol. The van der Waals surface area contributed by atoms with Crippen LogP contribution in [0.2, 0.25) is 0 Å². The van der Waals surface area contributed by atoms with Gasteiger partial charge in [-0.2, -0.15) is 17.0 Å². The van der Waals surface area contributed by atoms with Gasteiger partial charge >= 0.3 is 6.03 Å². The summed E-state index contributed by atoms with van der Waals surface area (Å²) in [7, 11) is -1.82. The van der Waals surface area contributed by atoms with Gasteiger partial charge in [-0.15, -0.1) is 5.10 Å². The van der Waals surface area contributed by atoms with Gasteiger partial charge in [-0.3, -0.25) is 0 Å². The number of anilines is 1. The van der Waals surface area contributed by atoms with Gasteiger partial charge in [-0.05, 0) is 47.5 Å². The second-order valence-electron chi connectivity index (χ2n) is 7.93. The summed E-state index contributed by atoms with van der Waals surface area (Å²) in [5.74, 6) is 0. The van der Waals surface area contributed by atoms with Crippen LogP contribution in [0.25, 0.3) is 5.69 Å². The number of aromatic nitrogens is 4. The molecule has 12 heteroatoms. The van der Waals surface area contributed by atoms with E-state index >= 15 is 0 Å². The largest absolute Gasteiger partial charge is 0.322 e. The summed E-state index contributed by atoms with van der Waals surface area (Å²) in [6.07, 6.45) is 6.67. The zero-order chi connectivity index (χ0) is 21.8. The summed E-state index contributed by atoms with van der Waals surface area (Å²) in [6.45, 7) is 1.30. The summed E-state index contributed by atoms with van der Waals surface area (Å²) in [4.78, 5) is 14.3. The highest BCUT2D eigenvalue weighted by Gasteiger charge is 2.35. The number of nitrogens with one attached hydrogen (secondary N) is 1. The van der Waals surface area contributed by atoms with E-state index in [4.69, 9.17) is 0 Å². The lowest BCUT2D eigenvalue weighted by Gasteiger charge is -2.38. The Hall–Kier alpha value is -2.57. The van der Waals surface area contributed by atoms with Crippen LogP contribution in [0.4, 0.5) is 10.5 Å². The minimum Gasteiger partial charge on any atom is -0.322 e. The molecule has 1 saturated heterocycles. The van der Waals surface area contributed by atoms with Gasteiger partial charge in [0.05, 0.1) is 5.69 Å². The molecule has 0 bridgehead atoms. The molecule has 1 aromatic carbocycles. The summed E-state index contributed by atoms with van der Waals surface area (Å²) in [5, 5.41) is 13.9. The number of urea groups is 1. The molecule has 2 amide bonds. The highest BCUT2D eigenvalue weighted by molar-refractivity contribution is 7.86. The SMILES string of the molecule is CN(C1CCCCC1)S(=O)(=O)N1CCN(C(=O)Nc2ccc(-n3cnnn3)cc2)CC1. The van der Waals surface area contributed by atoms with E-state index in [2.05, 4.69) is 20.8 Å². The van der Waals surface area contributed by atoms with Crippen LogP contribution in [0.5, 0.6) is 0 Å². The first-order valence-corrected chi connectivity index (χ1v) is 12.0. The van der Waals surface area contributed by atoms with Gasteiger partial charge in [0.15, 0.2) is 0 Å². The van der Waals surface area contributed by atoms with E-state index in [-0.39, 0.29) is 12.1 Å². The van der Waals surface area contributed by atoms with Crippen molar-refractivity contribution >= 4 is 21.9 Å². The number of hydrogen-bond acceptors (Lipinski definition) is 6. The Morgan fingerprint density at radius 2 is 1.74 bits per heavy atom. The lowest BCUT2D eigenvalue weighted by Crippen LogP contribution is -2.55. The number of nitrogens with zero attached hydrogens (tertiary/aromatic N) is 7. The number of hydrogen-bond donors (Lipinski definition) is 1. The number of carbonyl (C=O) groups excluding carboxylic acids is 1. The number of carbonyl (C=O) groups is 1. The van der Waals surface area contributed by atoms with Crippen LogP contribution in [0, 0.1) is 0 Å². The van der Waals surface area contributed by atoms with Crippen molar-refractivity contribution in [1.29, 1.82) is 0 Å². The molecule has 1 N–H and O–H groups in total. The van der Waals surface area contributed by atoms with Crippen LogP contribution in [-0.4, -0.2) is 87.4 Å². The van der Waals surface area contributed by atoms with E-state index in [1.54, 1.807) is 36.2 Å². The minimum absolute atomic E-state index is 0.0800. The number of rotatable bonds is 5. The highest BCUT2D eigenvalue weighted by atomic mass is 32.2. The minimum atomic E-state index is -3.51. The third-order valence-corrected chi connectivity index (χ3v) is 8.08. The summed E-state index contributed by atoms with van der Waals surface area (Å²) in [6, 6.07) is 6.99. The van der Waals surface area contributed by atoms with Crippen LogP contribution < -0.4 is 5.32 Å². The molecule has 2 heterocycles. The quantitative estimate of drug-likeness (QED) is 0.737. The smallest absolute Gasteiger partial charge is 0.321 e. The lowest BCUT2D eigenvalue weighted by atomic mass is 9.96. The second kappa shape index (κ2) is 9.28. The fraction of sp³-hybridized carbons (Fsp3) is 0.579. The van der Waals surface area contributed by atoms with E-state index in [1.807, 2.05) is 0 Å². The Morgan fingerprint density at radius 3 is 2.35 bits per heavy atom. The molecular weight excluding hydrogens is 420 g/mol. The van der Waals surface area contributed by atoms with E-state index in [9.17, 15) is 13.2 Å². The summed E-state index contributed by atoms with van der Waals surface area (Å²) >= 11 is 0. The van der Waals surface area contributed by atoms with E-state index < -0.39 is 10.2 Å². The average Bonchev–Trinajstić information content (AvgIpc) is 3.35. The molecule has 2 aromatic rings. The maximum absolute atomic E-state index is 13.0. The predicted molar refractivity (Wildman–Crippen MR) is 115 cm³/mol. The molecular formula is C19H28N8O3S. The standard InChI is InChI=1S/C19H28N8O3S/c1-24(17-5-3-2-4-6-17)31(29,30)26-13-11-25(12-14-26)19(28)21-16-7-9-18(10-8-16)27-15-20-22-23-27/h7-10,15,17H,2-6,11-14H2,1H3,(H,21,28). The molecule has 0 radical (unpaired) electrons. The van der Waals surface area contributed by atoms with Crippen LogP contribution in [-0.2, 0) is 10.2 Å². The first-order chi connectivity index (χ1) is 14.9. The maximum atomic E-state index is 13.0. The Labute approximate surface area is 182 Å². The van der Waals surface area contributed by atoms with Crippen molar-refractivity contribution < 1.29 is 13.2 Å². The topological polar surface area (TPSA) is 117 Å². The molecule has 1 aromatic heterocycles. The molecule has 0 spiro atoms. The lowest BCUT2D eigenvalue weighted by molar-refractivity contribution is 0.178. The van der Waals surface area contributed by atoms with Crippen LogP contribution in [0.1, 0.15) is 32.1 Å². The number of benzene rings is 1. The van der Waals surface area contributed by atoms with Gasteiger partial charge in [0, 0.05) is 45.0 Å². The highest BCUT2D eigenvalue weighted by Crippen LogP contribution is 2.25. The van der Waals surface area contributed by atoms with Gasteiger partial charge in [0.1, 0.15) is 6.33 Å². The van der Waals surface area contributed by atoms with Crippen molar-refractivity contribution in [2.24, 2.45) is 0 Å². The number of amides is 2. The van der Waals surface area contributed by atoms with Crippen molar-refractivity contribution in [3.05, 3.63) is 30.6 Å². The summed E-state index contributed by atoms with van der Waals surface area (Å²) < 4.78 is 30.5. The third kappa shape index (κ3) is 4.86. The number of tetrazole rings is 1. The molecule has 2 fully saturated rings. The molecule has 31 heavy (non-hydrogen) atoms. The Bertz CT molecular complexity index is 966. The van der Waals surface area contributed by atoms with Gasteiger partial charge < -0.3 is 10.2 Å². The van der Waals surface area contributed by atoms with Crippen LogP contribution >= 0.6 is 0 Å². The van der Waals surface area contributed by atoms with Crippen molar-refractivity contribution in [1.82, 2.24) is 33.7 Å². The first kappa shape index (κ1) is 21.7. The van der Waals surface area contributed by atoms with Crippen molar-refractivity contribution in [3.8, 4) is 5.69 Å². The number of piperazine rings is 1. The van der Waals surface area contributed by atoms with Crippen LogP contribution in [0.15, 0.2) is 30.6 Å². The molecule has 0 unspecified atom stereocenters. The molecule has 168 valence electrons. The van der Waals surface area contributed by atoms with Gasteiger partial charge in [0.25, 0.3) is 10.2 Å². The zero-order valence-electron chi connectivity index (χ0n) is 17.6. The fourth-order valence-corrected chi connectivity index (χ4v) is 5.69. The third-order valence-electron chi connectivity index (χ3n) is 6.04. The first-order valence-electron chi connectivity index (χ1n) is 10.6. The van der Waals surface area contributed by atoms with Crippen molar-refractivity contribution in [2.45, 2.75) is 38.1 Å². The normalized spacial score (nSPS) is 19.0. The molecule has 1 aliphatic heterocycles. The van der Waals surface area contributed by atoms with E-state index in [1.165, 1.54) is 26.0 Å². The molecule has 1 saturated carbocycles. The predicted octanol–water partition coefficient (Wildman–Crippen LogP) is 1.32. The summed E-state index contributed by atoms with van der Waals surface area (Å²) in [5.41, 5.74) is 1.43. The molecule has 4 rings (SSSR count). The Balaban J connectivity index is 1.30. The molecule has 11 nitrogen and oxygen atoms in total. The van der Waals surface area contributed by atoms with Gasteiger partial charge in [-0.1, -0.05) is 19.3 Å². The Morgan fingerprint density at radius 1 is 1.06 bits per heavy atom. The molecule has 2 aliphatic rings. The van der Waals surface area contributed by atoms with Gasteiger partial charge in [-0.25, -0.2) is 9.48 Å². The average molecular weight is 449 g/mol. The van der Waals surface area contributed by atoms with Crippen LogP contribution in [0.3, 0.4) is 0 Å². The van der Waals surface area contributed by atoms with Gasteiger partial charge in [0.2, 0.25) is 0 Å². The maximum Gasteiger partial charge on any atom is 0.321 e. The molecule has 1 aliphatic carbocycles. The van der Waals surface area contributed by atoms with Crippen molar-refractivity contribution in [2.75, 3.05) is 38.5 Å².